The van der Waals surface area contributed by atoms with Gasteiger partial charge in [-0.05, 0) is 25.1 Å². The summed E-state index contributed by atoms with van der Waals surface area (Å²) in [6.07, 6.45) is 2.31. The SMILES string of the molecule is CC1CN(Cc2ccco2)CC(CC#N)N(C)C1. The van der Waals surface area contributed by atoms with Gasteiger partial charge >= 0.3 is 0 Å². The highest BCUT2D eigenvalue weighted by Crippen LogP contribution is 2.17. The van der Waals surface area contributed by atoms with E-state index in [1.165, 1.54) is 0 Å². The minimum absolute atomic E-state index is 0.329. The van der Waals surface area contributed by atoms with Gasteiger partial charge in [-0.25, -0.2) is 0 Å². The Kier molecular flexibility index (Phi) is 4.40. The first-order valence-electron chi connectivity index (χ1n) is 6.51. The highest BCUT2D eigenvalue weighted by molar-refractivity contribution is 4.99. The van der Waals surface area contributed by atoms with Crippen LogP contribution in [-0.2, 0) is 6.54 Å². The first-order chi connectivity index (χ1) is 8.69. The predicted octanol–water partition coefficient (Wildman–Crippen LogP) is 1.95. The number of likely N-dealkylation sites (N-methyl/N-ethyl adjacent to an activating group) is 1. The van der Waals surface area contributed by atoms with E-state index >= 15 is 0 Å². The van der Waals surface area contributed by atoms with Gasteiger partial charge in [0.15, 0.2) is 0 Å². The molecule has 0 amide bonds. The lowest BCUT2D eigenvalue weighted by Gasteiger charge is -2.26. The molecule has 1 aromatic heterocycles. The Bertz CT molecular complexity index is 396. The Morgan fingerprint density at radius 3 is 2.94 bits per heavy atom. The van der Waals surface area contributed by atoms with Crippen molar-refractivity contribution < 1.29 is 4.42 Å². The monoisotopic (exact) mass is 247 g/mol. The lowest BCUT2D eigenvalue weighted by Crippen LogP contribution is -2.38. The van der Waals surface area contributed by atoms with E-state index in [4.69, 9.17) is 9.68 Å². The van der Waals surface area contributed by atoms with Crippen LogP contribution in [0.2, 0.25) is 0 Å². The molecule has 0 bridgehead atoms. The molecule has 0 radical (unpaired) electrons. The summed E-state index contributed by atoms with van der Waals surface area (Å²) in [5.41, 5.74) is 0. The summed E-state index contributed by atoms with van der Waals surface area (Å²) in [5, 5.41) is 8.92. The van der Waals surface area contributed by atoms with E-state index in [0.717, 1.165) is 31.9 Å². The van der Waals surface area contributed by atoms with Crippen molar-refractivity contribution in [2.75, 3.05) is 26.7 Å². The zero-order valence-corrected chi connectivity index (χ0v) is 11.2. The van der Waals surface area contributed by atoms with E-state index in [1.54, 1.807) is 6.26 Å². The summed E-state index contributed by atoms with van der Waals surface area (Å²) in [6, 6.07) is 6.57. The fourth-order valence-electron chi connectivity index (χ4n) is 2.73. The molecule has 98 valence electrons. The molecule has 2 atom stereocenters. The van der Waals surface area contributed by atoms with Gasteiger partial charge < -0.3 is 9.32 Å². The second-order valence-electron chi connectivity index (χ2n) is 5.33. The van der Waals surface area contributed by atoms with Gasteiger partial charge in [-0.3, -0.25) is 4.90 Å². The van der Waals surface area contributed by atoms with Gasteiger partial charge in [-0.15, -0.1) is 0 Å². The van der Waals surface area contributed by atoms with Gasteiger partial charge in [0.25, 0.3) is 0 Å². The van der Waals surface area contributed by atoms with Crippen LogP contribution in [0.3, 0.4) is 0 Å². The third kappa shape index (κ3) is 3.34. The van der Waals surface area contributed by atoms with Gasteiger partial charge in [-0.1, -0.05) is 6.92 Å². The Morgan fingerprint density at radius 2 is 2.28 bits per heavy atom. The molecule has 2 rings (SSSR count). The molecule has 2 heterocycles. The van der Waals surface area contributed by atoms with Crippen LogP contribution in [0.15, 0.2) is 22.8 Å². The molecule has 1 aromatic rings. The van der Waals surface area contributed by atoms with Crippen LogP contribution in [0.1, 0.15) is 19.1 Å². The smallest absolute Gasteiger partial charge is 0.117 e. The average Bonchev–Trinajstić information content (AvgIpc) is 2.76. The second-order valence-corrected chi connectivity index (χ2v) is 5.33. The van der Waals surface area contributed by atoms with E-state index in [0.29, 0.717) is 18.4 Å². The quantitative estimate of drug-likeness (QED) is 0.819. The normalized spacial score (nSPS) is 26.7. The molecule has 4 heteroatoms. The molecular weight excluding hydrogens is 226 g/mol. The van der Waals surface area contributed by atoms with Crippen molar-refractivity contribution in [2.24, 2.45) is 5.92 Å². The maximum atomic E-state index is 8.92. The largest absolute Gasteiger partial charge is 0.468 e. The topological polar surface area (TPSA) is 43.4 Å². The van der Waals surface area contributed by atoms with Crippen LogP contribution >= 0.6 is 0 Å². The molecular formula is C14H21N3O. The molecule has 18 heavy (non-hydrogen) atoms. The second kappa shape index (κ2) is 6.03. The molecule has 1 aliphatic heterocycles. The molecule has 2 unspecified atom stereocenters. The number of rotatable bonds is 3. The van der Waals surface area contributed by atoms with E-state index < -0.39 is 0 Å². The van der Waals surface area contributed by atoms with Crippen molar-refractivity contribution in [2.45, 2.75) is 25.9 Å². The molecule has 1 saturated heterocycles. The van der Waals surface area contributed by atoms with Crippen LogP contribution < -0.4 is 0 Å². The fourth-order valence-corrected chi connectivity index (χ4v) is 2.73. The molecule has 0 saturated carbocycles. The first-order valence-corrected chi connectivity index (χ1v) is 6.51. The standard InChI is InChI=1S/C14H21N3O/c1-12-8-16(2)13(5-6-15)10-17(9-12)11-14-4-3-7-18-14/h3-4,7,12-13H,5,8-11H2,1-2H3. The van der Waals surface area contributed by atoms with Crippen molar-refractivity contribution >= 4 is 0 Å². The van der Waals surface area contributed by atoms with Crippen LogP contribution in [0.4, 0.5) is 0 Å². The number of nitrogens with zero attached hydrogens (tertiary/aromatic N) is 3. The number of hydrogen-bond acceptors (Lipinski definition) is 4. The first kappa shape index (κ1) is 13.1. The van der Waals surface area contributed by atoms with Crippen molar-refractivity contribution in [3.05, 3.63) is 24.2 Å². The summed E-state index contributed by atoms with van der Waals surface area (Å²) >= 11 is 0. The van der Waals surface area contributed by atoms with Crippen LogP contribution in [0, 0.1) is 17.2 Å². The zero-order valence-electron chi connectivity index (χ0n) is 11.2. The summed E-state index contributed by atoms with van der Waals surface area (Å²) in [6.45, 7) is 6.16. The van der Waals surface area contributed by atoms with E-state index in [9.17, 15) is 0 Å². The van der Waals surface area contributed by atoms with Crippen molar-refractivity contribution in [1.82, 2.24) is 9.80 Å². The number of furan rings is 1. The average molecular weight is 247 g/mol. The summed E-state index contributed by atoms with van der Waals surface area (Å²) in [5.74, 6) is 1.62. The maximum Gasteiger partial charge on any atom is 0.117 e. The molecule has 0 spiro atoms. The number of nitriles is 1. The third-order valence-corrected chi connectivity index (χ3v) is 3.55. The van der Waals surface area contributed by atoms with Crippen LogP contribution in [-0.4, -0.2) is 42.5 Å². The van der Waals surface area contributed by atoms with Gasteiger partial charge in [0.1, 0.15) is 5.76 Å². The van der Waals surface area contributed by atoms with Crippen molar-refractivity contribution in [3.63, 3.8) is 0 Å². The Hall–Kier alpha value is -1.31. The maximum absolute atomic E-state index is 8.92. The van der Waals surface area contributed by atoms with Gasteiger partial charge in [0, 0.05) is 25.7 Å². The molecule has 1 aliphatic rings. The number of hydrogen-bond donors (Lipinski definition) is 0. The van der Waals surface area contributed by atoms with Crippen LogP contribution in [0.5, 0.6) is 0 Å². The van der Waals surface area contributed by atoms with Gasteiger partial charge in [0.2, 0.25) is 0 Å². The van der Waals surface area contributed by atoms with E-state index in [2.05, 4.69) is 29.8 Å². The third-order valence-electron chi connectivity index (χ3n) is 3.55. The van der Waals surface area contributed by atoms with Crippen molar-refractivity contribution in [3.8, 4) is 6.07 Å². The summed E-state index contributed by atoms with van der Waals surface area (Å²) in [4.78, 5) is 4.71. The highest BCUT2D eigenvalue weighted by Gasteiger charge is 2.25. The van der Waals surface area contributed by atoms with Gasteiger partial charge in [0.05, 0.1) is 25.3 Å². The lowest BCUT2D eigenvalue weighted by molar-refractivity contribution is 0.196. The fraction of sp³-hybridized carbons (Fsp3) is 0.643. The molecule has 4 nitrogen and oxygen atoms in total. The molecule has 1 fully saturated rings. The highest BCUT2D eigenvalue weighted by atomic mass is 16.3. The molecule has 0 aliphatic carbocycles. The zero-order chi connectivity index (χ0) is 13.0. The van der Waals surface area contributed by atoms with Crippen LogP contribution in [0.25, 0.3) is 0 Å². The van der Waals surface area contributed by atoms with E-state index in [1.807, 2.05) is 12.1 Å². The predicted molar refractivity (Wildman–Crippen MR) is 69.8 cm³/mol. The van der Waals surface area contributed by atoms with Crippen molar-refractivity contribution in [1.29, 1.82) is 5.26 Å². The minimum atomic E-state index is 0.329. The lowest BCUT2D eigenvalue weighted by atomic mass is 10.1. The van der Waals surface area contributed by atoms with Gasteiger partial charge in [-0.2, -0.15) is 5.26 Å². The minimum Gasteiger partial charge on any atom is -0.468 e. The summed E-state index contributed by atoms with van der Waals surface area (Å²) < 4.78 is 5.41. The molecule has 0 aromatic carbocycles. The van der Waals surface area contributed by atoms with E-state index in [-0.39, 0.29) is 0 Å². The Balaban J connectivity index is 2.02. The summed E-state index contributed by atoms with van der Waals surface area (Å²) in [7, 11) is 2.12. The molecule has 0 N–H and O–H groups in total. The Labute approximate surface area is 109 Å². The Morgan fingerprint density at radius 1 is 1.44 bits per heavy atom.